The Morgan fingerprint density at radius 3 is 2.55 bits per heavy atom. The van der Waals surface area contributed by atoms with E-state index in [0.717, 1.165) is 25.7 Å². The highest BCUT2D eigenvalue weighted by Gasteiger charge is 2.66. The van der Waals surface area contributed by atoms with Crippen LogP contribution in [0.5, 0.6) is 0 Å². The van der Waals surface area contributed by atoms with Crippen molar-refractivity contribution in [2.45, 2.75) is 96.5 Å². The third kappa shape index (κ3) is 3.66. The van der Waals surface area contributed by atoms with Crippen LogP contribution < -0.4 is 5.73 Å². The van der Waals surface area contributed by atoms with Gasteiger partial charge in [-0.3, -0.25) is 4.79 Å². The Kier molecular flexibility index (Phi) is 6.03. The highest BCUT2D eigenvalue weighted by Crippen LogP contribution is 2.68. The first-order valence-electron chi connectivity index (χ1n) is 12.4. The van der Waals surface area contributed by atoms with Crippen LogP contribution in [0, 0.1) is 46.3 Å². The summed E-state index contributed by atoms with van der Waals surface area (Å²) in [7, 11) is 1.43. The van der Waals surface area contributed by atoms with Crippen LogP contribution >= 0.6 is 0 Å². The third-order valence-electron chi connectivity index (χ3n) is 10.7. The molecule has 0 bridgehead atoms. The molecule has 4 fully saturated rings. The molecule has 4 aliphatic carbocycles. The van der Waals surface area contributed by atoms with Crippen LogP contribution in [0.1, 0.15) is 78.6 Å². The largest absolute Gasteiger partial charge is 0.469 e. The number of methoxy groups -OCH3 is 1. The number of fused-ring (bicyclic) bond motifs is 5. The van der Waals surface area contributed by atoms with Gasteiger partial charge in [0.1, 0.15) is 5.72 Å². The van der Waals surface area contributed by atoms with Crippen LogP contribution in [-0.2, 0) is 9.53 Å². The van der Waals surface area contributed by atoms with E-state index >= 15 is 0 Å². The molecule has 0 aromatic carbocycles. The van der Waals surface area contributed by atoms with Crippen molar-refractivity contribution < 1.29 is 24.9 Å². The highest BCUT2D eigenvalue weighted by atomic mass is 16.5. The lowest BCUT2D eigenvalue weighted by Gasteiger charge is -2.64. The van der Waals surface area contributed by atoms with Crippen LogP contribution in [0.4, 0.5) is 0 Å². The lowest BCUT2D eigenvalue weighted by atomic mass is 9.42. The number of aliphatic hydroxyl groups excluding tert-OH is 2. The Morgan fingerprint density at radius 2 is 1.87 bits per heavy atom. The van der Waals surface area contributed by atoms with Gasteiger partial charge in [0.15, 0.2) is 0 Å². The molecule has 0 heterocycles. The first kappa shape index (κ1) is 23.5. The van der Waals surface area contributed by atoms with Gasteiger partial charge in [0, 0.05) is 6.42 Å². The fraction of sp³-hybridized carbons (Fsp3) is 0.960. The Labute approximate surface area is 186 Å². The Hall–Kier alpha value is -0.690. The van der Waals surface area contributed by atoms with Gasteiger partial charge < -0.3 is 25.8 Å². The van der Waals surface area contributed by atoms with E-state index in [1.807, 2.05) is 0 Å². The fourth-order valence-electron chi connectivity index (χ4n) is 8.82. The summed E-state index contributed by atoms with van der Waals surface area (Å²) < 4.78 is 4.83. The van der Waals surface area contributed by atoms with Crippen LogP contribution in [0.3, 0.4) is 0 Å². The smallest absolute Gasteiger partial charge is 0.305 e. The van der Waals surface area contributed by atoms with E-state index in [4.69, 9.17) is 10.5 Å². The van der Waals surface area contributed by atoms with Crippen LogP contribution in [0.15, 0.2) is 0 Å². The van der Waals surface area contributed by atoms with Crippen LogP contribution in [-0.4, -0.2) is 46.3 Å². The standard InChI is InChI=1S/C25H43NO5/c1-14(5-8-21(29)31-4)16-6-7-17-22-18(12-20(28)24(16,17)3)23(2)9-10-25(26,30)13-15(23)11-19(22)27/h14-20,22,27-28,30H,5-13,26H2,1-4H3/t14-,15-,16-,17+,18+,19-,20+,22+,23+,24-,25-/m1/s1. The maximum Gasteiger partial charge on any atom is 0.305 e. The van der Waals surface area contributed by atoms with E-state index in [0.29, 0.717) is 49.9 Å². The summed E-state index contributed by atoms with van der Waals surface area (Å²) in [5, 5.41) is 33.4. The molecule has 0 unspecified atom stereocenters. The van der Waals surface area contributed by atoms with Gasteiger partial charge >= 0.3 is 5.97 Å². The molecule has 4 rings (SSSR count). The second kappa shape index (κ2) is 7.96. The number of hydrogen-bond acceptors (Lipinski definition) is 6. The summed E-state index contributed by atoms with van der Waals surface area (Å²) in [6, 6.07) is 0. The average molecular weight is 438 g/mol. The van der Waals surface area contributed by atoms with Gasteiger partial charge in [0.25, 0.3) is 0 Å². The first-order chi connectivity index (χ1) is 14.4. The maximum absolute atomic E-state index is 11.7. The zero-order valence-electron chi connectivity index (χ0n) is 19.7. The summed E-state index contributed by atoms with van der Waals surface area (Å²) in [6.07, 6.45) is 5.84. The normalized spacial score (nSPS) is 52.6. The van der Waals surface area contributed by atoms with Gasteiger partial charge in [-0.15, -0.1) is 0 Å². The Balaban J connectivity index is 1.58. The van der Waals surface area contributed by atoms with Crippen molar-refractivity contribution in [2.24, 2.45) is 52.1 Å². The highest BCUT2D eigenvalue weighted by molar-refractivity contribution is 5.69. The van der Waals surface area contributed by atoms with Crippen molar-refractivity contribution in [2.75, 3.05) is 7.11 Å². The van der Waals surface area contributed by atoms with Crippen molar-refractivity contribution in [3.63, 3.8) is 0 Å². The fourth-order valence-corrected chi connectivity index (χ4v) is 8.82. The molecule has 4 aliphatic rings. The Bertz CT molecular complexity index is 697. The summed E-state index contributed by atoms with van der Waals surface area (Å²) >= 11 is 0. The minimum atomic E-state index is -1.13. The molecule has 11 atom stereocenters. The molecule has 0 amide bonds. The first-order valence-corrected chi connectivity index (χ1v) is 12.4. The Morgan fingerprint density at radius 1 is 1.16 bits per heavy atom. The molecule has 6 heteroatoms. The number of ether oxygens (including phenoxy) is 1. The zero-order chi connectivity index (χ0) is 22.8. The molecule has 0 aromatic heterocycles. The number of esters is 1. The van der Waals surface area contributed by atoms with Crippen molar-refractivity contribution in [1.29, 1.82) is 0 Å². The predicted molar refractivity (Wildman–Crippen MR) is 118 cm³/mol. The SMILES string of the molecule is COC(=O)CC[C@@H](C)[C@H]1CC[C@H]2[C@@H]3[C@H](O)C[C@@H]4C[C@](N)(O)CC[C@]4(C)[C@H]3C[C@H](O)[C@]12C. The minimum absolute atomic E-state index is 0.00634. The molecule has 0 saturated heterocycles. The molecule has 5 N–H and O–H groups in total. The molecule has 31 heavy (non-hydrogen) atoms. The topological polar surface area (TPSA) is 113 Å². The monoisotopic (exact) mass is 437 g/mol. The van der Waals surface area contributed by atoms with Crippen LogP contribution in [0.2, 0.25) is 0 Å². The third-order valence-corrected chi connectivity index (χ3v) is 10.7. The molecular formula is C25H43NO5. The van der Waals surface area contributed by atoms with E-state index in [2.05, 4.69) is 20.8 Å². The van der Waals surface area contributed by atoms with E-state index in [1.165, 1.54) is 7.11 Å². The van der Waals surface area contributed by atoms with Crippen molar-refractivity contribution in [3.05, 3.63) is 0 Å². The van der Waals surface area contributed by atoms with Gasteiger partial charge in [0.2, 0.25) is 0 Å². The van der Waals surface area contributed by atoms with E-state index in [9.17, 15) is 20.1 Å². The van der Waals surface area contributed by atoms with Gasteiger partial charge in [-0.05, 0) is 97.7 Å². The predicted octanol–water partition coefficient (Wildman–Crippen LogP) is 2.82. The second-order valence-corrected chi connectivity index (χ2v) is 12.0. The van der Waals surface area contributed by atoms with Gasteiger partial charge in [-0.25, -0.2) is 0 Å². The molecule has 178 valence electrons. The molecule has 4 saturated carbocycles. The molecule has 0 radical (unpaired) electrons. The summed E-state index contributed by atoms with van der Waals surface area (Å²) in [4.78, 5) is 11.7. The van der Waals surface area contributed by atoms with E-state index in [-0.39, 0.29) is 34.6 Å². The second-order valence-electron chi connectivity index (χ2n) is 12.0. The number of hydrogen-bond donors (Lipinski definition) is 4. The molecule has 0 spiro atoms. The van der Waals surface area contributed by atoms with Gasteiger partial charge in [0.05, 0.1) is 19.3 Å². The van der Waals surface area contributed by atoms with Gasteiger partial charge in [-0.2, -0.15) is 0 Å². The number of nitrogens with two attached hydrogens (primary N) is 1. The molecular weight excluding hydrogens is 394 g/mol. The number of carbonyl (C=O) groups is 1. The molecule has 6 nitrogen and oxygen atoms in total. The van der Waals surface area contributed by atoms with Gasteiger partial charge in [-0.1, -0.05) is 20.8 Å². The number of rotatable bonds is 4. The molecule has 0 aliphatic heterocycles. The lowest BCUT2D eigenvalue weighted by molar-refractivity contribution is -0.215. The van der Waals surface area contributed by atoms with Crippen molar-refractivity contribution >= 4 is 5.97 Å². The average Bonchev–Trinajstić information content (AvgIpc) is 3.06. The summed E-state index contributed by atoms with van der Waals surface area (Å²) in [5.74, 6) is 1.43. The maximum atomic E-state index is 11.7. The lowest BCUT2D eigenvalue weighted by Crippen LogP contribution is -2.64. The number of carbonyl (C=O) groups excluding carboxylic acids is 1. The van der Waals surface area contributed by atoms with Crippen LogP contribution in [0.25, 0.3) is 0 Å². The minimum Gasteiger partial charge on any atom is -0.469 e. The summed E-state index contributed by atoms with van der Waals surface area (Å²) in [5.41, 5.74) is 4.74. The number of aliphatic hydroxyl groups is 3. The quantitative estimate of drug-likeness (QED) is 0.397. The van der Waals surface area contributed by atoms with E-state index in [1.54, 1.807) is 0 Å². The van der Waals surface area contributed by atoms with E-state index < -0.39 is 17.9 Å². The zero-order valence-corrected chi connectivity index (χ0v) is 19.7. The van der Waals surface area contributed by atoms with Crippen molar-refractivity contribution in [3.8, 4) is 0 Å². The summed E-state index contributed by atoms with van der Waals surface area (Å²) in [6.45, 7) is 6.76. The van der Waals surface area contributed by atoms with Crippen molar-refractivity contribution in [1.82, 2.24) is 0 Å². The molecule has 0 aromatic rings.